The van der Waals surface area contributed by atoms with Gasteiger partial charge in [-0.25, -0.2) is 0 Å². The second-order valence-corrected chi connectivity index (χ2v) is 6.35. The molecule has 1 saturated carbocycles. The van der Waals surface area contributed by atoms with Crippen molar-refractivity contribution >= 4 is 11.8 Å². The summed E-state index contributed by atoms with van der Waals surface area (Å²) in [4.78, 5) is 26.1. The smallest absolute Gasteiger partial charge is 0.223 e. The molecule has 2 aliphatic rings. The number of amides is 2. The Hall–Kier alpha value is -1.10. The highest BCUT2D eigenvalue weighted by Crippen LogP contribution is 2.24. The average Bonchev–Trinajstić information content (AvgIpc) is 2.54. The first kappa shape index (κ1) is 16.3. The Morgan fingerprint density at radius 1 is 1.05 bits per heavy atom. The van der Waals surface area contributed by atoms with E-state index in [1.807, 2.05) is 11.9 Å². The number of likely N-dealkylation sites (tertiary alicyclic amines) is 1. The van der Waals surface area contributed by atoms with Crippen molar-refractivity contribution in [3.63, 3.8) is 0 Å². The Morgan fingerprint density at radius 3 is 2.33 bits per heavy atom. The average molecular weight is 295 g/mol. The molecule has 0 unspecified atom stereocenters. The summed E-state index contributed by atoms with van der Waals surface area (Å²) >= 11 is 0. The van der Waals surface area contributed by atoms with Crippen LogP contribution in [0, 0.1) is 5.92 Å². The number of carbonyl (C=O) groups excluding carboxylic acids is 2. The molecule has 0 aromatic heterocycles. The normalized spacial score (nSPS) is 21.3. The largest absolute Gasteiger partial charge is 0.353 e. The molecule has 0 radical (unpaired) electrons. The molecule has 5 heteroatoms. The van der Waals surface area contributed by atoms with E-state index in [4.69, 9.17) is 0 Å². The minimum absolute atomic E-state index is 0.224. The zero-order chi connectivity index (χ0) is 15.1. The standard InChI is InChI=1S/C16H29N3O2/c1-17-10-7-15(20)19-11-8-14(9-12-19)18-16(21)13-5-3-2-4-6-13/h13-14,17H,2-12H2,1H3,(H,18,21). The molecule has 120 valence electrons. The highest BCUT2D eigenvalue weighted by Gasteiger charge is 2.26. The second-order valence-electron chi connectivity index (χ2n) is 6.35. The fourth-order valence-electron chi connectivity index (χ4n) is 3.35. The van der Waals surface area contributed by atoms with Gasteiger partial charge >= 0.3 is 0 Å². The molecular formula is C16H29N3O2. The van der Waals surface area contributed by atoms with Gasteiger partial charge in [0.1, 0.15) is 0 Å². The Labute approximate surface area is 127 Å². The minimum atomic E-state index is 0.224. The van der Waals surface area contributed by atoms with E-state index >= 15 is 0 Å². The summed E-state index contributed by atoms with van der Waals surface area (Å²) < 4.78 is 0. The number of hydrogen-bond acceptors (Lipinski definition) is 3. The molecule has 0 spiro atoms. The van der Waals surface area contributed by atoms with Crippen molar-refractivity contribution in [3.8, 4) is 0 Å². The van der Waals surface area contributed by atoms with Crippen LogP contribution in [0.1, 0.15) is 51.4 Å². The third-order valence-corrected chi connectivity index (χ3v) is 4.76. The number of nitrogens with one attached hydrogen (secondary N) is 2. The van der Waals surface area contributed by atoms with Crippen LogP contribution in [0.2, 0.25) is 0 Å². The molecule has 1 heterocycles. The molecule has 21 heavy (non-hydrogen) atoms. The minimum Gasteiger partial charge on any atom is -0.353 e. The SMILES string of the molecule is CNCCC(=O)N1CCC(NC(=O)C2CCCCC2)CC1. The van der Waals surface area contributed by atoms with Gasteiger partial charge in [-0.1, -0.05) is 19.3 Å². The van der Waals surface area contributed by atoms with Crippen LogP contribution in [0.3, 0.4) is 0 Å². The molecule has 0 atom stereocenters. The van der Waals surface area contributed by atoms with E-state index in [9.17, 15) is 9.59 Å². The van der Waals surface area contributed by atoms with Crippen LogP contribution < -0.4 is 10.6 Å². The highest BCUT2D eigenvalue weighted by molar-refractivity contribution is 5.79. The van der Waals surface area contributed by atoms with Gasteiger partial charge in [0.05, 0.1) is 0 Å². The zero-order valence-electron chi connectivity index (χ0n) is 13.2. The van der Waals surface area contributed by atoms with Crippen LogP contribution in [-0.2, 0) is 9.59 Å². The van der Waals surface area contributed by atoms with Crippen LogP contribution in [0.4, 0.5) is 0 Å². The molecule has 0 aromatic carbocycles. The van der Waals surface area contributed by atoms with Crippen molar-refractivity contribution in [1.82, 2.24) is 15.5 Å². The van der Waals surface area contributed by atoms with E-state index in [0.717, 1.165) is 45.3 Å². The first-order valence-corrected chi connectivity index (χ1v) is 8.43. The van der Waals surface area contributed by atoms with Gasteiger partial charge in [0.2, 0.25) is 11.8 Å². The number of nitrogens with zero attached hydrogens (tertiary/aromatic N) is 1. The third-order valence-electron chi connectivity index (χ3n) is 4.76. The monoisotopic (exact) mass is 295 g/mol. The number of rotatable bonds is 5. The maximum Gasteiger partial charge on any atom is 0.223 e. The maximum absolute atomic E-state index is 12.2. The van der Waals surface area contributed by atoms with Gasteiger partial charge in [0.25, 0.3) is 0 Å². The van der Waals surface area contributed by atoms with E-state index in [0.29, 0.717) is 6.42 Å². The van der Waals surface area contributed by atoms with Gasteiger partial charge in [-0.05, 0) is 32.7 Å². The summed E-state index contributed by atoms with van der Waals surface area (Å²) in [5.41, 5.74) is 0. The number of carbonyl (C=O) groups is 2. The van der Waals surface area contributed by atoms with Crippen LogP contribution in [0.25, 0.3) is 0 Å². The van der Waals surface area contributed by atoms with Gasteiger partial charge < -0.3 is 15.5 Å². The molecule has 0 bridgehead atoms. The molecule has 1 aliphatic heterocycles. The lowest BCUT2D eigenvalue weighted by Crippen LogP contribution is -2.48. The Morgan fingerprint density at radius 2 is 1.71 bits per heavy atom. The first-order chi connectivity index (χ1) is 10.2. The summed E-state index contributed by atoms with van der Waals surface area (Å²) in [5, 5.41) is 6.21. The fraction of sp³-hybridized carbons (Fsp3) is 0.875. The van der Waals surface area contributed by atoms with Crippen LogP contribution in [-0.4, -0.2) is 49.4 Å². The van der Waals surface area contributed by atoms with Crippen molar-refractivity contribution in [2.24, 2.45) is 5.92 Å². The maximum atomic E-state index is 12.2. The Bertz CT molecular complexity index is 345. The summed E-state index contributed by atoms with van der Waals surface area (Å²) in [6.07, 6.45) is 8.10. The summed E-state index contributed by atoms with van der Waals surface area (Å²) in [7, 11) is 1.86. The van der Waals surface area contributed by atoms with Crippen LogP contribution in [0.15, 0.2) is 0 Å². The van der Waals surface area contributed by atoms with Crippen molar-refractivity contribution in [3.05, 3.63) is 0 Å². The van der Waals surface area contributed by atoms with Crippen molar-refractivity contribution in [2.45, 2.75) is 57.4 Å². The summed E-state index contributed by atoms with van der Waals surface area (Å²) in [6.45, 7) is 2.29. The zero-order valence-corrected chi connectivity index (χ0v) is 13.2. The molecule has 1 saturated heterocycles. The molecule has 2 N–H and O–H groups in total. The van der Waals surface area contributed by atoms with E-state index in [1.54, 1.807) is 0 Å². The quantitative estimate of drug-likeness (QED) is 0.803. The summed E-state index contributed by atoms with van der Waals surface area (Å²) in [5.74, 6) is 0.699. The predicted molar refractivity (Wildman–Crippen MR) is 82.9 cm³/mol. The molecule has 0 aromatic rings. The highest BCUT2D eigenvalue weighted by atomic mass is 16.2. The molecule has 5 nitrogen and oxygen atoms in total. The molecule has 2 amide bonds. The van der Waals surface area contributed by atoms with Crippen molar-refractivity contribution in [2.75, 3.05) is 26.7 Å². The lowest BCUT2D eigenvalue weighted by atomic mass is 9.88. The number of hydrogen-bond donors (Lipinski definition) is 2. The van der Waals surface area contributed by atoms with E-state index < -0.39 is 0 Å². The van der Waals surface area contributed by atoms with Crippen LogP contribution in [0.5, 0.6) is 0 Å². The van der Waals surface area contributed by atoms with Gasteiger partial charge in [-0.3, -0.25) is 9.59 Å². The van der Waals surface area contributed by atoms with Crippen molar-refractivity contribution < 1.29 is 9.59 Å². The molecule has 2 rings (SSSR count). The molecular weight excluding hydrogens is 266 g/mol. The van der Waals surface area contributed by atoms with E-state index in [1.165, 1.54) is 19.3 Å². The first-order valence-electron chi connectivity index (χ1n) is 8.43. The van der Waals surface area contributed by atoms with Crippen LogP contribution >= 0.6 is 0 Å². The lowest BCUT2D eigenvalue weighted by molar-refractivity contribution is -0.132. The number of piperidine rings is 1. The van der Waals surface area contributed by atoms with Crippen molar-refractivity contribution in [1.29, 1.82) is 0 Å². The van der Waals surface area contributed by atoms with Gasteiger partial charge in [0, 0.05) is 38.0 Å². The molecule has 2 fully saturated rings. The van der Waals surface area contributed by atoms with Gasteiger partial charge in [-0.15, -0.1) is 0 Å². The fourth-order valence-corrected chi connectivity index (χ4v) is 3.35. The lowest BCUT2D eigenvalue weighted by Gasteiger charge is -2.33. The second kappa shape index (κ2) is 8.37. The topological polar surface area (TPSA) is 61.4 Å². The predicted octanol–water partition coefficient (Wildman–Crippen LogP) is 1.28. The molecule has 1 aliphatic carbocycles. The van der Waals surface area contributed by atoms with E-state index in [2.05, 4.69) is 10.6 Å². The third kappa shape index (κ3) is 4.99. The summed E-state index contributed by atoms with van der Waals surface area (Å²) in [6, 6.07) is 0.257. The van der Waals surface area contributed by atoms with E-state index in [-0.39, 0.29) is 23.8 Å². The van der Waals surface area contributed by atoms with Gasteiger partial charge in [-0.2, -0.15) is 0 Å². The Kier molecular flexibility index (Phi) is 6.49. The van der Waals surface area contributed by atoms with Gasteiger partial charge in [0.15, 0.2) is 0 Å². The Balaban J connectivity index is 1.68.